The molecule has 0 radical (unpaired) electrons. The van der Waals surface area contributed by atoms with E-state index in [0.717, 1.165) is 40.1 Å². The first-order valence-electron chi connectivity index (χ1n) is 8.82. The number of aryl methyl sites for hydroxylation is 1. The monoisotopic (exact) mass is 388 g/mol. The molecule has 28 heavy (non-hydrogen) atoms. The molecule has 0 aliphatic rings. The number of aromatic amines is 1. The highest BCUT2D eigenvalue weighted by Crippen LogP contribution is 2.29. The van der Waals surface area contributed by atoms with Gasteiger partial charge in [-0.05, 0) is 42.8 Å². The molecule has 0 atom stereocenters. The molecule has 4 aromatic rings. The minimum atomic E-state index is 0.303. The second-order valence-corrected chi connectivity index (χ2v) is 6.68. The maximum atomic E-state index is 9.34. The highest BCUT2D eigenvalue weighted by molar-refractivity contribution is 6.35. The molecule has 0 fully saturated rings. The fourth-order valence-corrected chi connectivity index (χ4v) is 3.22. The number of hydrogen-bond donors (Lipinski definition) is 3. The van der Waals surface area contributed by atoms with Crippen molar-refractivity contribution in [3.63, 3.8) is 0 Å². The molecule has 1 aromatic carbocycles. The van der Waals surface area contributed by atoms with E-state index in [1.165, 1.54) is 0 Å². The van der Waals surface area contributed by atoms with E-state index >= 15 is 0 Å². The van der Waals surface area contributed by atoms with Crippen molar-refractivity contribution < 1.29 is 0 Å². The minimum Gasteiger partial charge on any atom is -0.361 e. The van der Waals surface area contributed by atoms with Gasteiger partial charge in [-0.3, -0.25) is 4.98 Å². The summed E-state index contributed by atoms with van der Waals surface area (Å²) in [5.74, 6) is 0.543. The zero-order chi connectivity index (χ0) is 19.5. The molecular weight excluding hydrogens is 372 g/mol. The Hall–Kier alpha value is -3.56. The zero-order valence-corrected chi connectivity index (χ0v) is 15.9. The van der Waals surface area contributed by atoms with Crippen LogP contribution in [0, 0.1) is 11.3 Å². The van der Waals surface area contributed by atoms with Crippen LogP contribution in [0.1, 0.15) is 18.3 Å². The van der Waals surface area contributed by atoms with Gasteiger partial charge in [-0.2, -0.15) is 5.26 Å². The lowest BCUT2D eigenvalue weighted by Crippen LogP contribution is -1.99. The first-order chi connectivity index (χ1) is 13.6. The van der Waals surface area contributed by atoms with E-state index in [9.17, 15) is 5.26 Å². The average Bonchev–Trinajstić information content (AvgIpc) is 3.17. The van der Waals surface area contributed by atoms with Gasteiger partial charge in [-0.15, -0.1) is 0 Å². The number of hydrogen-bond acceptors (Lipinski definition) is 5. The minimum absolute atomic E-state index is 0.303. The Balaban J connectivity index is 1.63. The van der Waals surface area contributed by atoms with Gasteiger partial charge in [0.15, 0.2) is 0 Å². The third kappa shape index (κ3) is 3.75. The Morgan fingerprint density at radius 3 is 2.68 bits per heavy atom. The smallest absolute Gasteiger partial charge is 0.144 e. The van der Waals surface area contributed by atoms with Crippen molar-refractivity contribution in [1.82, 2.24) is 15.0 Å². The van der Waals surface area contributed by atoms with Crippen LogP contribution in [0.2, 0.25) is 5.02 Å². The number of halogens is 1. The highest BCUT2D eigenvalue weighted by Gasteiger charge is 2.07. The number of aromatic nitrogens is 3. The standard InChI is InChI=1S/C21H17ClN6/c1-2-13-3-4-14(12-25-13)26-15-7-17(11-23)28-21(10-15)27-16-8-19(22)18-5-6-24-20(18)9-16/h3-10,12,24H,2H2,1H3,(H2,26,27,28). The van der Waals surface area contributed by atoms with Gasteiger partial charge < -0.3 is 15.6 Å². The zero-order valence-electron chi connectivity index (χ0n) is 15.1. The van der Waals surface area contributed by atoms with E-state index in [4.69, 9.17) is 11.6 Å². The van der Waals surface area contributed by atoms with Gasteiger partial charge >= 0.3 is 0 Å². The summed E-state index contributed by atoms with van der Waals surface area (Å²) in [5, 5.41) is 17.4. The predicted octanol–water partition coefficient (Wildman–Crippen LogP) is 5.53. The van der Waals surface area contributed by atoms with Crippen molar-refractivity contribution >= 4 is 45.4 Å². The van der Waals surface area contributed by atoms with Crippen LogP contribution in [0.4, 0.5) is 22.9 Å². The normalized spacial score (nSPS) is 10.6. The summed E-state index contributed by atoms with van der Waals surface area (Å²) in [4.78, 5) is 11.9. The second kappa shape index (κ2) is 7.59. The summed E-state index contributed by atoms with van der Waals surface area (Å²) >= 11 is 6.34. The Kier molecular flexibility index (Phi) is 4.83. The Morgan fingerprint density at radius 1 is 1.07 bits per heavy atom. The molecule has 3 aromatic heterocycles. The van der Waals surface area contributed by atoms with Crippen LogP contribution in [-0.4, -0.2) is 15.0 Å². The molecule has 4 rings (SSSR count). The van der Waals surface area contributed by atoms with Crippen LogP contribution in [0.15, 0.2) is 54.9 Å². The molecule has 138 valence electrons. The summed E-state index contributed by atoms with van der Waals surface area (Å²) in [6.07, 6.45) is 4.50. The molecule has 6 nitrogen and oxygen atoms in total. The van der Waals surface area contributed by atoms with Crippen LogP contribution in [0.25, 0.3) is 10.9 Å². The number of fused-ring (bicyclic) bond motifs is 1. The molecule has 0 saturated heterocycles. The molecule has 0 saturated carbocycles. The molecule has 0 unspecified atom stereocenters. The topological polar surface area (TPSA) is 89.4 Å². The Bertz CT molecular complexity index is 1170. The summed E-state index contributed by atoms with van der Waals surface area (Å²) in [5.41, 5.74) is 4.62. The lowest BCUT2D eigenvalue weighted by Gasteiger charge is -2.11. The lowest BCUT2D eigenvalue weighted by molar-refractivity contribution is 1.04. The van der Waals surface area contributed by atoms with Gasteiger partial charge in [0.05, 0.1) is 16.9 Å². The van der Waals surface area contributed by atoms with Crippen molar-refractivity contribution in [2.24, 2.45) is 0 Å². The molecule has 0 bridgehead atoms. The molecule has 7 heteroatoms. The molecule has 0 amide bonds. The summed E-state index contributed by atoms with van der Waals surface area (Å²) < 4.78 is 0. The van der Waals surface area contributed by atoms with E-state index < -0.39 is 0 Å². The number of benzene rings is 1. The van der Waals surface area contributed by atoms with Crippen molar-refractivity contribution in [2.75, 3.05) is 10.6 Å². The fourth-order valence-electron chi connectivity index (χ4n) is 2.94. The van der Waals surface area contributed by atoms with E-state index in [2.05, 4.69) is 38.6 Å². The van der Waals surface area contributed by atoms with E-state index in [1.807, 2.05) is 42.6 Å². The first-order valence-corrected chi connectivity index (χ1v) is 9.20. The van der Waals surface area contributed by atoms with Crippen LogP contribution in [-0.2, 0) is 6.42 Å². The maximum Gasteiger partial charge on any atom is 0.144 e. The third-order valence-electron chi connectivity index (χ3n) is 4.31. The van der Waals surface area contributed by atoms with E-state index in [1.54, 1.807) is 12.3 Å². The highest BCUT2D eigenvalue weighted by atomic mass is 35.5. The summed E-state index contributed by atoms with van der Waals surface area (Å²) in [6.45, 7) is 2.06. The quantitative estimate of drug-likeness (QED) is 0.418. The van der Waals surface area contributed by atoms with E-state index in [0.29, 0.717) is 16.5 Å². The number of nitrogens with zero attached hydrogens (tertiary/aromatic N) is 3. The number of rotatable bonds is 5. The molecule has 0 spiro atoms. The first kappa shape index (κ1) is 17.8. The third-order valence-corrected chi connectivity index (χ3v) is 4.62. The molecule has 0 aliphatic heterocycles. The van der Waals surface area contributed by atoms with Gasteiger partial charge in [-0.25, -0.2) is 4.98 Å². The van der Waals surface area contributed by atoms with Gasteiger partial charge in [0.2, 0.25) is 0 Å². The molecule has 0 aliphatic carbocycles. The largest absolute Gasteiger partial charge is 0.361 e. The number of pyridine rings is 2. The van der Waals surface area contributed by atoms with Crippen molar-refractivity contribution in [1.29, 1.82) is 5.26 Å². The average molecular weight is 389 g/mol. The van der Waals surface area contributed by atoms with Gasteiger partial charge in [0.25, 0.3) is 0 Å². The van der Waals surface area contributed by atoms with Crippen LogP contribution >= 0.6 is 11.6 Å². The Labute approximate surface area is 167 Å². The maximum absolute atomic E-state index is 9.34. The molecular formula is C21H17ClN6. The number of H-pyrrole nitrogens is 1. The Morgan fingerprint density at radius 2 is 1.93 bits per heavy atom. The SMILES string of the molecule is CCc1ccc(Nc2cc(C#N)nc(Nc3cc(Cl)c4cc[nH]c4c3)c2)cn1. The van der Waals surface area contributed by atoms with Crippen molar-refractivity contribution in [3.05, 3.63) is 71.3 Å². The van der Waals surface area contributed by atoms with Gasteiger partial charge in [0, 0.05) is 40.2 Å². The van der Waals surface area contributed by atoms with Gasteiger partial charge in [0.1, 0.15) is 17.6 Å². The lowest BCUT2D eigenvalue weighted by atomic mass is 10.2. The van der Waals surface area contributed by atoms with Gasteiger partial charge in [-0.1, -0.05) is 18.5 Å². The number of nitrogens with one attached hydrogen (secondary N) is 3. The summed E-state index contributed by atoms with van der Waals surface area (Å²) in [7, 11) is 0. The molecule has 3 N–H and O–H groups in total. The van der Waals surface area contributed by atoms with Crippen molar-refractivity contribution in [2.45, 2.75) is 13.3 Å². The number of anilines is 4. The number of nitriles is 1. The van der Waals surface area contributed by atoms with Crippen molar-refractivity contribution in [3.8, 4) is 6.07 Å². The van der Waals surface area contributed by atoms with E-state index in [-0.39, 0.29) is 0 Å². The molecule has 3 heterocycles. The second-order valence-electron chi connectivity index (χ2n) is 6.28. The predicted molar refractivity (Wildman–Crippen MR) is 112 cm³/mol. The van der Waals surface area contributed by atoms with Crippen LogP contribution in [0.5, 0.6) is 0 Å². The van der Waals surface area contributed by atoms with Crippen LogP contribution in [0.3, 0.4) is 0 Å². The summed E-state index contributed by atoms with van der Waals surface area (Å²) in [6, 6.07) is 15.3. The van der Waals surface area contributed by atoms with Crippen LogP contribution < -0.4 is 10.6 Å². The fraction of sp³-hybridized carbons (Fsp3) is 0.0952.